The molecule has 2 rings (SSSR count). The number of benzene rings is 1. The van der Waals surface area contributed by atoms with E-state index in [4.69, 9.17) is 9.90 Å². The molecule has 1 aromatic rings. The molecule has 0 amide bonds. The molecule has 2 N–H and O–H groups in total. The Kier molecular flexibility index (Phi) is 9.12. The van der Waals surface area contributed by atoms with Gasteiger partial charge in [0.25, 0.3) is 0 Å². The van der Waals surface area contributed by atoms with Crippen LogP contribution in [0.4, 0.5) is 13.2 Å². The summed E-state index contributed by atoms with van der Waals surface area (Å²) in [5, 5.41) is 10.0. The lowest BCUT2D eigenvalue weighted by atomic mass is 10.4. The SMILES string of the molecule is C1=CC=CNC=C1.O=C(O)C(F)(F)F.c1ccccc1. The van der Waals surface area contributed by atoms with Gasteiger partial charge in [0.2, 0.25) is 0 Å². The summed E-state index contributed by atoms with van der Waals surface area (Å²) < 4.78 is 31.7. The van der Waals surface area contributed by atoms with E-state index in [1.54, 1.807) is 0 Å². The Morgan fingerprint density at radius 2 is 1.10 bits per heavy atom. The molecule has 0 aliphatic carbocycles. The highest BCUT2D eigenvalue weighted by molar-refractivity contribution is 5.73. The predicted octanol–water partition coefficient (Wildman–Crippen LogP) is 3.49. The van der Waals surface area contributed by atoms with E-state index < -0.39 is 12.1 Å². The van der Waals surface area contributed by atoms with E-state index in [9.17, 15) is 13.2 Å². The minimum absolute atomic E-state index is 1.88. The quantitative estimate of drug-likeness (QED) is 0.767. The number of allylic oxidation sites excluding steroid dienone is 4. The van der Waals surface area contributed by atoms with Gasteiger partial charge in [-0.15, -0.1) is 0 Å². The second kappa shape index (κ2) is 10.4. The molecule has 20 heavy (non-hydrogen) atoms. The van der Waals surface area contributed by atoms with E-state index in [1.807, 2.05) is 73.1 Å². The number of hydrogen-bond donors (Lipinski definition) is 2. The average molecular weight is 285 g/mol. The number of hydrogen-bond acceptors (Lipinski definition) is 2. The Morgan fingerprint density at radius 3 is 1.35 bits per heavy atom. The van der Waals surface area contributed by atoms with Crippen molar-refractivity contribution in [2.75, 3.05) is 0 Å². The smallest absolute Gasteiger partial charge is 0.475 e. The third kappa shape index (κ3) is 12.0. The molecule has 1 aliphatic heterocycles. The van der Waals surface area contributed by atoms with Gasteiger partial charge in [0.1, 0.15) is 0 Å². The maximum atomic E-state index is 10.6. The summed E-state index contributed by atoms with van der Waals surface area (Å²) in [6.45, 7) is 0. The highest BCUT2D eigenvalue weighted by Gasteiger charge is 2.38. The summed E-state index contributed by atoms with van der Waals surface area (Å²) in [7, 11) is 0. The molecule has 1 aromatic carbocycles. The average Bonchev–Trinajstić information content (AvgIpc) is 2.73. The van der Waals surface area contributed by atoms with Crippen molar-refractivity contribution in [2.45, 2.75) is 6.18 Å². The summed E-state index contributed by atoms with van der Waals surface area (Å²) in [5.74, 6) is -2.76. The van der Waals surface area contributed by atoms with Gasteiger partial charge in [0, 0.05) is 12.4 Å². The van der Waals surface area contributed by atoms with Crippen LogP contribution < -0.4 is 5.32 Å². The lowest BCUT2D eigenvalue weighted by Gasteiger charge is -1.93. The lowest BCUT2D eigenvalue weighted by molar-refractivity contribution is -0.192. The van der Waals surface area contributed by atoms with Crippen molar-refractivity contribution in [3.8, 4) is 0 Å². The molecule has 1 heterocycles. The van der Waals surface area contributed by atoms with Gasteiger partial charge in [-0.2, -0.15) is 13.2 Å². The first-order valence-corrected chi connectivity index (χ1v) is 5.49. The molecule has 0 unspecified atom stereocenters. The van der Waals surface area contributed by atoms with Crippen LogP contribution in [0.3, 0.4) is 0 Å². The number of aliphatic carboxylic acids is 1. The van der Waals surface area contributed by atoms with E-state index in [0.29, 0.717) is 0 Å². The number of carbonyl (C=O) groups is 1. The van der Waals surface area contributed by atoms with Crippen molar-refractivity contribution in [3.05, 3.63) is 73.1 Å². The monoisotopic (exact) mass is 285 g/mol. The fourth-order valence-corrected chi connectivity index (χ4v) is 0.791. The van der Waals surface area contributed by atoms with Gasteiger partial charge in [-0.3, -0.25) is 0 Å². The second-order valence-electron chi connectivity index (χ2n) is 3.23. The zero-order valence-electron chi connectivity index (χ0n) is 10.4. The molecular weight excluding hydrogens is 271 g/mol. The van der Waals surface area contributed by atoms with Gasteiger partial charge in [0.05, 0.1) is 0 Å². The maximum Gasteiger partial charge on any atom is 0.490 e. The summed E-state index contributed by atoms with van der Waals surface area (Å²) in [6.07, 6.45) is 6.49. The van der Waals surface area contributed by atoms with Gasteiger partial charge in [-0.25, -0.2) is 4.79 Å². The summed E-state index contributed by atoms with van der Waals surface area (Å²) in [4.78, 5) is 8.90. The molecule has 0 fully saturated rings. The molecule has 0 saturated heterocycles. The second-order valence-corrected chi connectivity index (χ2v) is 3.23. The molecule has 0 atom stereocenters. The number of nitrogens with one attached hydrogen (secondary N) is 1. The molecule has 108 valence electrons. The molecule has 0 aromatic heterocycles. The van der Waals surface area contributed by atoms with Crippen LogP contribution in [0.15, 0.2) is 73.1 Å². The molecule has 0 radical (unpaired) electrons. The molecule has 0 saturated carbocycles. The first kappa shape index (κ1) is 17.5. The Labute approximate surface area is 114 Å². The number of rotatable bonds is 0. The highest BCUT2D eigenvalue weighted by atomic mass is 19.4. The minimum atomic E-state index is -5.08. The largest absolute Gasteiger partial charge is 0.490 e. The van der Waals surface area contributed by atoms with Crippen molar-refractivity contribution in [2.24, 2.45) is 0 Å². The normalized spacial score (nSPS) is 11.9. The number of halogens is 3. The maximum absolute atomic E-state index is 10.6. The fraction of sp³-hybridized carbons (Fsp3) is 0.0714. The molecule has 6 heteroatoms. The van der Waals surface area contributed by atoms with Crippen molar-refractivity contribution in [3.63, 3.8) is 0 Å². The topological polar surface area (TPSA) is 49.3 Å². The zero-order chi connectivity index (χ0) is 15.3. The van der Waals surface area contributed by atoms with Gasteiger partial charge < -0.3 is 10.4 Å². The van der Waals surface area contributed by atoms with Crippen LogP contribution in [0.1, 0.15) is 0 Å². The number of carboxylic acid groups (broad SMARTS) is 1. The predicted molar refractivity (Wildman–Crippen MR) is 70.7 cm³/mol. The molecular formula is C14H14F3NO2. The van der Waals surface area contributed by atoms with Crippen LogP contribution in [0, 0.1) is 0 Å². The molecule has 0 spiro atoms. The van der Waals surface area contributed by atoms with Crippen molar-refractivity contribution in [1.29, 1.82) is 0 Å². The third-order valence-corrected chi connectivity index (χ3v) is 1.63. The van der Waals surface area contributed by atoms with Gasteiger partial charge in [0.15, 0.2) is 0 Å². The summed E-state index contributed by atoms with van der Waals surface area (Å²) in [6, 6.07) is 12.0. The standard InChI is InChI=1S/C6H7N.C6H6.C2HF3O2/c1-2-4-6-7-5-3-1;1-2-4-6-5-3-1;3-2(4,5)1(6)7/h1-7H;1-6H;(H,6,7). The van der Waals surface area contributed by atoms with E-state index >= 15 is 0 Å². The minimum Gasteiger partial charge on any atom is -0.475 e. The Bertz CT molecular complexity index is 411. The number of carboxylic acids is 1. The molecule has 0 bridgehead atoms. The van der Waals surface area contributed by atoms with Crippen LogP contribution in [-0.2, 0) is 4.79 Å². The first-order valence-electron chi connectivity index (χ1n) is 5.49. The number of alkyl halides is 3. The van der Waals surface area contributed by atoms with Crippen LogP contribution in [0.5, 0.6) is 0 Å². The Hall–Kier alpha value is -2.50. The van der Waals surface area contributed by atoms with Gasteiger partial charge >= 0.3 is 12.1 Å². The van der Waals surface area contributed by atoms with Crippen LogP contribution in [0.25, 0.3) is 0 Å². The lowest BCUT2D eigenvalue weighted by Crippen LogP contribution is -2.21. The van der Waals surface area contributed by atoms with Crippen LogP contribution >= 0.6 is 0 Å². The molecule has 3 nitrogen and oxygen atoms in total. The molecule has 1 aliphatic rings. The van der Waals surface area contributed by atoms with E-state index in [2.05, 4.69) is 5.32 Å². The first-order chi connectivity index (χ1) is 9.44. The van der Waals surface area contributed by atoms with Crippen LogP contribution in [-0.4, -0.2) is 17.3 Å². The van der Waals surface area contributed by atoms with Crippen molar-refractivity contribution >= 4 is 5.97 Å². The van der Waals surface area contributed by atoms with Crippen LogP contribution in [0.2, 0.25) is 0 Å². The summed E-state index contributed by atoms with van der Waals surface area (Å²) >= 11 is 0. The van der Waals surface area contributed by atoms with Gasteiger partial charge in [-0.05, 0) is 12.2 Å². The van der Waals surface area contributed by atoms with Gasteiger partial charge in [-0.1, -0.05) is 48.6 Å². The van der Waals surface area contributed by atoms with E-state index in [-0.39, 0.29) is 0 Å². The Balaban J connectivity index is 0.000000271. The highest BCUT2D eigenvalue weighted by Crippen LogP contribution is 2.13. The fourth-order valence-electron chi connectivity index (χ4n) is 0.791. The Morgan fingerprint density at radius 1 is 0.800 bits per heavy atom. The van der Waals surface area contributed by atoms with E-state index in [0.717, 1.165) is 0 Å². The zero-order valence-corrected chi connectivity index (χ0v) is 10.4. The van der Waals surface area contributed by atoms with Crippen molar-refractivity contribution < 1.29 is 23.1 Å². The third-order valence-electron chi connectivity index (χ3n) is 1.63. The van der Waals surface area contributed by atoms with Crippen molar-refractivity contribution in [1.82, 2.24) is 5.32 Å². The van der Waals surface area contributed by atoms with E-state index in [1.165, 1.54) is 0 Å². The summed E-state index contributed by atoms with van der Waals surface area (Å²) in [5.41, 5.74) is 0.